The first kappa shape index (κ1) is 19.0. The molecule has 3 N–H and O–H groups in total. The fraction of sp³-hybridized carbons (Fsp3) is 0.562. The number of ether oxygens (including phenoxy) is 1. The van der Waals surface area contributed by atoms with Crippen molar-refractivity contribution in [2.24, 2.45) is 4.99 Å². The molecular weight excluding hydrogens is 393 g/mol. The highest BCUT2D eigenvalue weighted by atomic mass is 127. The monoisotopic (exact) mass is 419 g/mol. The Morgan fingerprint density at radius 2 is 2.23 bits per heavy atom. The molecule has 0 radical (unpaired) electrons. The molecule has 1 heterocycles. The first-order valence-electron chi connectivity index (χ1n) is 7.55. The molecule has 1 atom stereocenters. The van der Waals surface area contributed by atoms with Crippen LogP contribution in [0, 0.1) is 0 Å². The second-order valence-corrected chi connectivity index (χ2v) is 5.62. The number of aromatic hydroxyl groups is 1. The summed E-state index contributed by atoms with van der Waals surface area (Å²) in [5.74, 6) is 1.05. The van der Waals surface area contributed by atoms with E-state index in [0.717, 1.165) is 44.1 Å². The smallest absolute Gasteiger partial charge is 0.191 e. The Bertz CT molecular complexity index is 488. The molecule has 0 bridgehead atoms. The summed E-state index contributed by atoms with van der Waals surface area (Å²) in [6, 6.07) is 7.17. The summed E-state index contributed by atoms with van der Waals surface area (Å²) in [6.45, 7) is 7.10. The van der Waals surface area contributed by atoms with Gasteiger partial charge in [0.15, 0.2) is 5.96 Å². The summed E-state index contributed by atoms with van der Waals surface area (Å²) in [5.41, 5.74) is 0.886. The first-order valence-corrected chi connectivity index (χ1v) is 7.55. The lowest BCUT2D eigenvalue weighted by atomic mass is 10.0. The van der Waals surface area contributed by atoms with Gasteiger partial charge < -0.3 is 20.5 Å². The van der Waals surface area contributed by atoms with Gasteiger partial charge in [0, 0.05) is 19.7 Å². The predicted molar refractivity (Wildman–Crippen MR) is 99.9 cm³/mol. The van der Waals surface area contributed by atoms with Crippen molar-refractivity contribution in [1.29, 1.82) is 0 Å². The Morgan fingerprint density at radius 3 is 2.86 bits per heavy atom. The number of hydrogen-bond acceptors (Lipinski definition) is 3. The van der Waals surface area contributed by atoms with Crippen LogP contribution >= 0.6 is 24.0 Å². The topological polar surface area (TPSA) is 65.9 Å². The van der Waals surface area contributed by atoms with Crippen LogP contribution in [0.4, 0.5) is 0 Å². The molecule has 1 aliphatic heterocycles. The third-order valence-corrected chi connectivity index (χ3v) is 3.60. The number of guanidine groups is 1. The molecule has 1 aromatic rings. The normalized spacial score (nSPS) is 21.3. The molecule has 0 saturated carbocycles. The highest BCUT2D eigenvalue weighted by Crippen LogP contribution is 2.23. The van der Waals surface area contributed by atoms with Crippen molar-refractivity contribution in [3.63, 3.8) is 0 Å². The lowest BCUT2D eigenvalue weighted by Gasteiger charge is -2.24. The van der Waals surface area contributed by atoms with E-state index < -0.39 is 0 Å². The van der Waals surface area contributed by atoms with Gasteiger partial charge in [-0.05, 0) is 44.4 Å². The van der Waals surface area contributed by atoms with Crippen molar-refractivity contribution in [2.45, 2.75) is 38.8 Å². The molecule has 0 aliphatic carbocycles. The number of aliphatic imine (C=N–C) groups is 1. The summed E-state index contributed by atoms with van der Waals surface area (Å²) in [5, 5.41) is 16.0. The molecule has 5 nitrogen and oxygen atoms in total. The summed E-state index contributed by atoms with van der Waals surface area (Å²) < 4.78 is 5.77. The highest BCUT2D eigenvalue weighted by Gasteiger charge is 2.29. The number of phenols is 1. The van der Waals surface area contributed by atoms with Gasteiger partial charge in [-0.2, -0.15) is 0 Å². The fourth-order valence-electron chi connectivity index (χ4n) is 2.41. The van der Waals surface area contributed by atoms with Crippen LogP contribution in [0.15, 0.2) is 29.3 Å². The van der Waals surface area contributed by atoms with Gasteiger partial charge in [-0.25, -0.2) is 4.99 Å². The summed E-state index contributed by atoms with van der Waals surface area (Å²) in [4.78, 5) is 4.54. The van der Waals surface area contributed by atoms with Gasteiger partial charge in [0.25, 0.3) is 0 Å². The lowest BCUT2D eigenvalue weighted by Crippen LogP contribution is -2.45. The van der Waals surface area contributed by atoms with Crippen molar-refractivity contribution in [3.05, 3.63) is 29.8 Å². The number of nitrogens with one attached hydrogen (secondary N) is 2. The van der Waals surface area contributed by atoms with Gasteiger partial charge >= 0.3 is 0 Å². The minimum atomic E-state index is -0.0960. The van der Waals surface area contributed by atoms with Gasteiger partial charge in [-0.3, -0.25) is 0 Å². The minimum absolute atomic E-state index is 0. The largest absolute Gasteiger partial charge is 0.508 e. The maximum atomic E-state index is 9.47. The Labute approximate surface area is 149 Å². The van der Waals surface area contributed by atoms with Crippen LogP contribution in [0.5, 0.6) is 5.75 Å². The van der Waals surface area contributed by atoms with Crippen molar-refractivity contribution < 1.29 is 9.84 Å². The molecule has 0 aromatic heterocycles. The summed E-state index contributed by atoms with van der Waals surface area (Å²) in [7, 11) is 0. The second-order valence-electron chi connectivity index (χ2n) is 5.62. The Morgan fingerprint density at radius 1 is 1.41 bits per heavy atom. The third-order valence-electron chi connectivity index (χ3n) is 3.60. The molecule has 1 fully saturated rings. The highest BCUT2D eigenvalue weighted by molar-refractivity contribution is 14.0. The average Bonchev–Trinajstić information content (AvgIpc) is 2.89. The Kier molecular flexibility index (Phi) is 7.95. The SMILES string of the molecule is CCNC(=NCc1cccc(O)c1)NCC1(C)CCCO1.I. The minimum Gasteiger partial charge on any atom is -0.508 e. The summed E-state index contributed by atoms with van der Waals surface area (Å²) >= 11 is 0. The number of hydrogen-bond donors (Lipinski definition) is 3. The van der Waals surface area contributed by atoms with Gasteiger partial charge in [-0.15, -0.1) is 24.0 Å². The van der Waals surface area contributed by atoms with Crippen molar-refractivity contribution in [2.75, 3.05) is 19.7 Å². The number of phenolic OH excluding ortho intramolecular Hbond substituents is 1. The van der Waals surface area contributed by atoms with E-state index in [1.54, 1.807) is 12.1 Å². The molecule has 1 saturated heterocycles. The van der Waals surface area contributed by atoms with Crippen LogP contribution in [0.2, 0.25) is 0 Å². The van der Waals surface area contributed by atoms with Crippen LogP contribution in [0.25, 0.3) is 0 Å². The van der Waals surface area contributed by atoms with E-state index in [1.807, 2.05) is 19.1 Å². The van der Waals surface area contributed by atoms with E-state index in [-0.39, 0.29) is 35.3 Å². The number of nitrogens with zero attached hydrogens (tertiary/aromatic N) is 1. The molecular formula is C16H26IN3O2. The number of benzene rings is 1. The molecule has 1 aromatic carbocycles. The number of halogens is 1. The molecule has 6 heteroatoms. The Balaban J connectivity index is 0.00000242. The molecule has 0 spiro atoms. The van der Waals surface area contributed by atoms with Gasteiger partial charge in [0.05, 0.1) is 12.1 Å². The maximum Gasteiger partial charge on any atom is 0.191 e. The molecule has 22 heavy (non-hydrogen) atoms. The predicted octanol–water partition coefficient (Wildman–Crippen LogP) is 2.63. The third kappa shape index (κ3) is 6.00. The summed E-state index contributed by atoms with van der Waals surface area (Å²) in [6.07, 6.45) is 2.20. The van der Waals surface area contributed by atoms with Crippen molar-refractivity contribution in [1.82, 2.24) is 10.6 Å². The van der Waals surface area contributed by atoms with E-state index in [0.29, 0.717) is 6.54 Å². The molecule has 1 unspecified atom stereocenters. The average molecular weight is 419 g/mol. The molecule has 2 rings (SSSR count). The quantitative estimate of drug-likeness (QED) is 0.390. The first-order chi connectivity index (χ1) is 10.1. The van der Waals surface area contributed by atoms with Crippen LogP contribution in [0.1, 0.15) is 32.3 Å². The lowest BCUT2D eigenvalue weighted by molar-refractivity contribution is 0.0243. The van der Waals surface area contributed by atoms with E-state index in [9.17, 15) is 5.11 Å². The van der Waals surface area contributed by atoms with Crippen LogP contribution in [-0.2, 0) is 11.3 Å². The van der Waals surface area contributed by atoms with Gasteiger partial charge in [0.2, 0.25) is 0 Å². The van der Waals surface area contributed by atoms with E-state index in [1.165, 1.54) is 0 Å². The van der Waals surface area contributed by atoms with Crippen LogP contribution < -0.4 is 10.6 Å². The molecule has 0 amide bonds. The Hall–Kier alpha value is -1.02. The molecule has 124 valence electrons. The standard InChI is InChI=1S/C16H25N3O2.HI/c1-3-17-15(19-12-16(2)8-5-9-21-16)18-11-13-6-4-7-14(20)10-13;/h4,6-7,10,20H,3,5,8-9,11-12H2,1-2H3,(H2,17,18,19);1H. The zero-order chi connectivity index (χ0) is 15.1. The van der Waals surface area contributed by atoms with Crippen molar-refractivity contribution >= 4 is 29.9 Å². The zero-order valence-electron chi connectivity index (χ0n) is 13.3. The second kappa shape index (κ2) is 9.19. The van der Waals surface area contributed by atoms with E-state index in [2.05, 4.69) is 22.5 Å². The van der Waals surface area contributed by atoms with Crippen LogP contribution in [-0.4, -0.2) is 36.4 Å². The molecule has 1 aliphatic rings. The van der Waals surface area contributed by atoms with Crippen LogP contribution in [0.3, 0.4) is 0 Å². The maximum absolute atomic E-state index is 9.47. The number of rotatable bonds is 5. The van der Waals surface area contributed by atoms with E-state index >= 15 is 0 Å². The van der Waals surface area contributed by atoms with Crippen molar-refractivity contribution in [3.8, 4) is 5.75 Å². The van der Waals surface area contributed by atoms with E-state index in [4.69, 9.17) is 4.74 Å². The zero-order valence-corrected chi connectivity index (χ0v) is 15.6. The fourth-order valence-corrected chi connectivity index (χ4v) is 2.41. The van der Waals surface area contributed by atoms with Gasteiger partial charge in [-0.1, -0.05) is 12.1 Å². The van der Waals surface area contributed by atoms with Gasteiger partial charge in [0.1, 0.15) is 5.75 Å².